The van der Waals surface area contributed by atoms with E-state index in [4.69, 9.17) is 9.97 Å². The fourth-order valence-electron chi connectivity index (χ4n) is 5.86. The Morgan fingerprint density at radius 2 is 1.67 bits per heavy atom. The fraction of sp³-hybridized carbons (Fsp3) is 0.379. The zero-order valence-corrected chi connectivity index (χ0v) is 20.7. The smallest absolute Gasteiger partial charge is 0.165 e. The molecule has 33 heavy (non-hydrogen) atoms. The summed E-state index contributed by atoms with van der Waals surface area (Å²) in [6.45, 7) is 16.9. The lowest BCUT2D eigenvalue weighted by molar-refractivity contribution is 0.373. The van der Waals surface area contributed by atoms with Crippen LogP contribution in [0.4, 0.5) is 0 Å². The molecule has 4 heterocycles. The minimum absolute atomic E-state index is 0.0349. The largest absolute Gasteiger partial charge is 0.325 e. The second-order valence-corrected chi connectivity index (χ2v) is 11.7. The van der Waals surface area contributed by atoms with Crippen LogP contribution in [0.1, 0.15) is 57.1 Å². The maximum Gasteiger partial charge on any atom is 0.165 e. The van der Waals surface area contributed by atoms with E-state index in [0.29, 0.717) is 0 Å². The average Bonchev–Trinajstić information content (AvgIpc) is 3.29. The van der Waals surface area contributed by atoms with Gasteiger partial charge in [-0.1, -0.05) is 71.0 Å². The number of aromatic nitrogens is 4. The third-order valence-corrected chi connectivity index (χ3v) is 7.25. The quantitative estimate of drug-likeness (QED) is 0.299. The van der Waals surface area contributed by atoms with E-state index >= 15 is 0 Å². The van der Waals surface area contributed by atoms with Crippen LogP contribution in [0.2, 0.25) is 0 Å². The standard InChI is InChI=1S/C29H32N4/c1-17-10-8-11-18(2)23(17)21-15-30-26-19-12-9-13-20-24(19)25-27(33(21)26)31-22(14-28(3,4)5)32(25)16-29(20,6)7/h8-13,15H,14,16H2,1-7H3. The van der Waals surface area contributed by atoms with Crippen LogP contribution in [0.5, 0.6) is 0 Å². The summed E-state index contributed by atoms with van der Waals surface area (Å²) in [7, 11) is 0. The fourth-order valence-corrected chi connectivity index (χ4v) is 5.86. The molecule has 168 valence electrons. The molecule has 0 amide bonds. The second kappa shape index (κ2) is 6.47. The summed E-state index contributed by atoms with van der Waals surface area (Å²) in [4.78, 5) is 10.3. The number of aryl methyl sites for hydroxylation is 2. The number of benzene rings is 2. The Hall–Kier alpha value is -3.14. The molecular weight excluding hydrogens is 404 g/mol. The van der Waals surface area contributed by atoms with Gasteiger partial charge in [-0.3, -0.25) is 4.40 Å². The van der Waals surface area contributed by atoms with E-state index in [1.54, 1.807) is 0 Å². The molecule has 1 aliphatic heterocycles. The first-order chi connectivity index (χ1) is 15.6. The summed E-state index contributed by atoms with van der Waals surface area (Å²) in [6, 6.07) is 13.2. The van der Waals surface area contributed by atoms with Crippen molar-refractivity contribution < 1.29 is 0 Å². The summed E-state index contributed by atoms with van der Waals surface area (Å²) in [6.07, 6.45) is 2.98. The van der Waals surface area contributed by atoms with Crippen molar-refractivity contribution in [3.63, 3.8) is 0 Å². The molecule has 0 spiro atoms. The SMILES string of the molecule is Cc1cccc(C)c1-c1cnc2c3cccc4c3c3c(nc(CC(C)(C)C)n3CC4(C)C)n12. The van der Waals surface area contributed by atoms with Crippen LogP contribution >= 0.6 is 0 Å². The Morgan fingerprint density at radius 3 is 2.36 bits per heavy atom. The predicted octanol–water partition coefficient (Wildman–Crippen LogP) is 7.00. The van der Waals surface area contributed by atoms with Crippen molar-refractivity contribution in [3.8, 4) is 11.3 Å². The van der Waals surface area contributed by atoms with Gasteiger partial charge in [0, 0.05) is 34.7 Å². The van der Waals surface area contributed by atoms with Crippen LogP contribution in [0.25, 0.3) is 38.8 Å². The Kier molecular flexibility index (Phi) is 4.01. The van der Waals surface area contributed by atoms with E-state index < -0.39 is 0 Å². The van der Waals surface area contributed by atoms with E-state index in [2.05, 4.69) is 93.8 Å². The van der Waals surface area contributed by atoms with E-state index in [-0.39, 0.29) is 10.8 Å². The normalized spacial score (nSPS) is 15.4. The Bertz CT molecular complexity index is 1570. The van der Waals surface area contributed by atoms with E-state index in [0.717, 1.165) is 30.0 Å². The highest BCUT2D eigenvalue weighted by molar-refractivity contribution is 6.13. The summed E-state index contributed by atoms with van der Waals surface area (Å²) in [5.41, 5.74) is 9.81. The molecule has 1 aliphatic rings. The summed E-state index contributed by atoms with van der Waals surface area (Å²) < 4.78 is 4.82. The van der Waals surface area contributed by atoms with Crippen molar-refractivity contribution in [2.75, 3.05) is 0 Å². The zero-order chi connectivity index (χ0) is 23.3. The number of imidazole rings is 2. The lowest BCUT2D eigenvalue weighted by Crippen LogP contribution is -2.29. The minimum Gasteiger partial charge on any atom is -0.325 e. The van der Waals surface area contributed by atoms with Gasteiger partial charge in [-0.05, 0) is 36.0 Å². The molecule has 5 aromatic rings. The molecule has 0 fully saturated rings. The molecule has 4 heteroatoms. The predicted molar refractivity (Wildman–Crippen MR) is 137 cm³/mol. The number of fused-ring (bicyclic) bond motifs is 3. The van der Waals surface area contributed by atoms with Crippen LogP contribution < -0.4 is 0 Å². The lowest BCUT2D eigenvalue weighted by atomic mass is 9.79. The van der Waals surface area contributed by atoms with Gasteiger partial charge in [0.15, 0.2) is 5.65 Å². The number of nitrogens with zero attached hydrogens (tertiary/aromatic N) is 4. The topological polar surface area (TPSA) is 35.1 Å². The lowest BCUT2D eigenvalue weighted by Gasteiger charge is -2.33. The molecule has 4 nitrogen and oxygen atoms in total. The summed E-state index contributed by atoms with van der Waals surface area (Å²) in [5.74, 6) is 1.18. The van der Waals surface area contributed by atoms with Gasteiger partial charge in [0.05, 0.1) is 17.4 Å². The molecule has 0 saturated heterocycles. The third-order valence-electron chi connectivity index (χ3n) is 7.25. The highest BCUT2D eigenvalue weighted by Gasteiger charge is 2.34. The molecule has 0 N–H and O–H groups in total. The van der Waals surface area contributed by atoms with Crippen LogP contribution in [0.3, 0.4) is 0 Å². The van der Waals surface area contributed by atoms with Gasteiger partial charge in [0.25, 0.3) is 0 Å². The first kappa shape index (κ1) is 20.5. The first-order valence-corrected chi connectivity index (χ1v) is 12.0. The summed E-state index contributed by atoms with van der Waals surface area (Å²) >= 11 is 0. The molecule has 3 aromatic heterocycles. The number of hydrogen-bond acceptors (Lipinski definition) is 2. The minimum atomic E-state index is 0.0349. The van der Waals surface area contributed by atoms with E-state index in [1.165, 1.54) is 44.4 Å². The molecule has 0 aliphatic carbocycles. The Labute approximate surface area is 195 Å². The van der Waals surface area contributed by atoms with E-state index in [9.17, 15) is 0 Å². The van der Waals surface area contributed by atoms with Gasteiger partial charge in [0.2, 0.25) is 0 Å². The van der Waals surface area contributed by atoms with Gasteiger partial charge in [-0.25, -0.2) is 9.97 Å². The van der Waals surface area contributed by atoms with Gasteiger partial charge in [-0.2, -0.15) is 0 Å². The number of pyridine rings is 1. The van der Waals surface area contributed by atoms with Crippen molar-refractivity contribution in [2.24, 2.45) is 5.41 Å². The number of hydrogen-bond donors (Lipinski definition) is 0. The van der Waals surface area contributed by atoms with Gasteiger partial charge in [0.1, 0.15) is 11.5 Å². The molecule has 2 aromatic carbocycles. The van der Waals surface area contributed by atoms with Crippen molar-refractivity contribution >= 4 is 27.6 Å². The highest BCUT2D eigenvalue weighted by atomic mass is 15.2. The maximum atomic E-state index is 5.35. The van der Waals surface area contributed by atoms with E-state index in [1.807, 2.05) is 6.20 Å². The average molecular weight is 437 g/mol. The van der Waals surface area contributed by atoms with Crippen molar-refractivity contribution in [1.82, 2.24) is 18.9 Å². The molecule has 0 unspecified atom stereocenters. The molecular formula is C29H32N4. The van der Waals surface area contributed by atoms with Crippen LogP contribution in [0, 0.1) is 19.3 Å². The van der Waals surface area contributed by atoms with Crippen LogP contribution in [-0.2, 0) is 18.4 Å². The highest BCUT2D eigenvalue weighted by Crippen LogP contribution is 2.44. The van der Waals surface area contributed by atoms with Crippen molar-refractivity contribution in [1.29, 1.82) is 0 Å². The number of rotatable bonds is 2. The Morgan fingerprint density at radius 1 is 0.970 bits per heavy atom. The molecule has 6 rings (SSSR count). The summed E-state index contributed by atoms with van der Waals surface area (Å²) in [5, 5.41) is 2.54. The van der Waals surface area contributed by atoms with Crippen molar-refractivity contribution in [3.05, 3.63) is 65.1 Å². The van der Waals surface area contributed by atoms with Gasteiger partial charge < -0.3 is 4.57 Å². The van der Waals surface area contributed by atoms with Crippen LogP contribution in [-0.4, -0.2) is 18.9 Å². The molecule has 0 saturated carbocycles. The molecule has 0 radical (unpaired) electrons. The molecule has 0 bridgehead atoms. The van der Waals surface area contributed by atoms with Gasteiger partial charge >= 0.3 is 0 Å². The third kappa shape index (κ3) is 2.82. The van der Waals surface area contributed by atoms with Crippen LogP contribution in [0.15, 0.2) is 42.6 Å². The first-order valence-electron chi connectivity index (χ1n) is 12.0. The second-order valence-electron chi connectivity index (χ2n) is 11.7. The maximum absolute atomic E-state index is 5.35. The Balaban J connectivity index is 1.84. The zero-order valence-electron chi connectivity index (χ0n) is 20.7. The molecule has 0 atom stereocenters. The van der Waals surface area contributed by atoms with Crippen molar-refractivity contribution in [2.45, 2.75) is 66.8 Å². The monoisotopic (exact) mass is 436 g/mol. The van der Waals surface area contributed by atoms with Gasteiger partial charge in [-0.15, -0.1) is 0 Å².